The molecule has 0 spiro atoms. The lowest BCUT2D eigenvalue weighted by Crippen LogP contribution is -2.15. The molecule has 1 aliphatic rings. The van der Waals surface area contributed by atoms with E-state index in [9.17, 15) is 13.2 Å². The van der Waals surface area contributed by atoms with Crippen molar-refractivity contribution in [3.63, 3.8) is 0 Å². The van der Waals surface area contributed by atoms with E-state index >= 15 is 0 Å². The molecule has 2 unspecified atom stereocenters. The molecular formula is C13H16F3NS. The van der Waals surface area contributed by atoms with Gasteiger partial charge in [-0.15, -0.1) is 0 Å². The van der Waals surface area contributed by atoms with Gasteiger partial charge in [-0.05, 0) is 61.2 Å². The highest BCUT2D eigenvalue weighted by atomic mass is 32.2. The van der Waals surface area contributed by atoms with Crippen LogP contribution in [0.1, 0.15) is 26.2 Å². The Hall–Kier alpha value is -0.840. The number of benzene rings is 1. The molecule has 1 fully saturated rings. The van der Waals surface area contributed by atoms with E-state index in [-0.39, 0.29) is 16.7 Å². The van der Waals surface area contributed by atoms with Crippen molar-refractivity contribution in [3.8, 4) is 0 Å². The van der Waals surface area contributed by atoms with Crippen LogP contribution < -0.4 is 5.32 Å². The van der Waals surface area contributed by atoms with Gasteiger partial charge in [-0.2, -0.15) is 13.2 Å². The van der Waals surface area contributed by atoms with E-state index in [0.29, 0.717) is 6.04 Å². The van der Waals surface area contributed by atoms with Crippen LogP contribution in [-0.2, 0) is 0 Å². The molecule has 1 saturated carbocycles. The fraction of sp³-hybridized carbons (Fsp3) is 0.538. The molecule has 1 N–H and O–H groups in total. The molecule has 2 rings (SSSR count). The van der Waals surface area contributed by atoms with E-state index < -0.39 is 5.51 Å². The topological polar surface area (TPSA) is 12.0 Å². The maximum Gasteiger partial charge on any atom is 0.446 e. The first kappa shape index (κ1) is 13.6. The minimum atomic E-state index is -4.21. The third kappa shape index (κ3) is 4.12. The predicted octanol–water partition coefficient (Wildman–Crippen LogP) is 4.90. The van der Waals surface area contributed by atoms with Crippen LogP contribution in [0, 0.1) is 5.92 Å². The highest BCUT2D eigenvalue weighted by Gasteiger charge is 2.29. The highest BCUT2D eigenvalue weighted by Crippen LogP contribution is 2.37. The van der Waals surface area contributed by atoms with E-state index in [1.807, 2.05) is 0 Å². The second-order valence-corrected chi connectivity index (χ2v) is 5.97. The quantitative estimate of drug-likeness (QED) is 0.787. The van der Waals surface area contributed by atoms with Crippen LogP contribution in [0.4, 0.5) is 18.9 Å². The summed E-state index contributed by atoms with van der Waals surface area (Å²) in [6.07, 6.45) is 3.50. The number of rotatable bonds is 3. The van der Waals surface area contributed by atoms with Crippen LogP contribution in [0.15, 0.2) is 29.2 Å². The molecule has 0 bridgehead atoms. The van der Waals surface area contributed by atoms with Crippen LogP contribution >= 0.6 is 11.8 Å². The number of alkyl halides is 3. The number of hydrogen-bond donors (Lipinski definition) is 1. The second kappa shape index (κ2) is 5.43. The van der Waals surface area contributed by atoms with E-state index in [1.165, 1.54) is 18.6 Å². The van der Waals surface area contributed by atoms with Crippen molar-refractivity contribution < 1.29 is 13.2 Å². The zero-order valence-electron chi connectivity index (χ0n) is 10.1. The molecule has 1 aromatic rings. The summed E-state index contributed by atoms with van der Waals surface area (Å²) < 4.78 is 36.5. The minimum absolute atomic E-state index is 0.0752. The van der Waals surface area contributed by atoms with Crippen LogP contribution in [0.3, 0.4) is 0 Å². The summed E-state index contributed by atoms with van der Waals surface area (Å²) in [5.41, 5.74) is -3.31. The number of nitrogens with one attached hydrogen (secondary N) is 1. The lowest BCUT2D eigenvalue weighted by molar-refractivity contribution is -0.0328. The van der Waals surface area contributed by atoms with Gasteiger partial charge in [0.2, 0.25) is 0 Å². The summed E-state index contributed by atoms with van der Waals surface area (Å²) in [4.78, 5) is 0.229. The van der Waals surface area contributed by atoms with E-state index in [2.05, 4.69) is 12.2 Å². The van der Waals surface area contributed by atoms with Crippen molar-refractivity contribution in [2.75, 3.05) is 5.32 Å². The van der Waals surface area contributed by atoms with E-state index in [4.69, 9.17) is 0 Å². The molecule has 0 aromatic heterocycles. The molecule has 5 heteroatoms. The Morgan fingerprint density at radius 1 is 1.17 bits per heavy atom. The first-order valence-corrected chi connectivity index (χ1v) is 6.86. The molecule has 18 heavy (non-hydrogen) atoms. The zero-order valence-corrected chi connectivity index (χ0v) is 10.9. The van der Waals surface area contributed by atoms with Gasteiger partial charge in [-0.1, -0.05) is 6.92 Å². The average molecular weight is 275 g/mol. The molecule has 0 aliphatic heterocycles. The number of anilines is 1. The Morgan fingerprint density at radius 3 is 2.33 bits per heavy atom. The molecule has 0 saturated heterocycles. The molecule has 100 valence electrons. The van der Waals surface area contributed by atoms with Gasteiger partial charge >= 0.3 is 5.51 Å². The van der Waals surface area contributed by atoms with Crippen molar-refractivity contribution in [1.29, 1.82) is 0 Å². The van der Waals surface area contributed by atoms with Crippen molar-refractivity contribution in [1.82, 2.24) is 0 Å². The molecule has 1 nitrogen and oxygen atoms in total. The summed E-state index contributed by atoms with van der Waals surface area (Å²) in [5, 5.41) is 3.37. The monoisotopic (exact) mass is 275 g/mol. The fourth-order valence-corrected chi connectivity index (χ4v) is 2.87. The van der Waals surface area contributed by atoms with Crippen molar-refractivity contribution in [3.05, 3.63) is 24.3 Å². The Balaban J connectivity index is 1.91. The largest absolute Gasteiger partial charge is 0.446 e. The molecular weight excluding hydrogens is 259 g/mol. The number of thioether (sulfide) groups is 1. The van der Waals surface area contributed by atoms with Gasteiger partial charge in [0.25, 0.3) is 0 Å². The summed E-state index contributed by atoms with van der Waals surface area (Å²) in [6.45, 7) is 2.23. The Bertz CT molecular complexity index is 388. The van der Waals surface area contributed by atoms with Crippen molar-refractivity contribution >= 4 is 17.4 Å². The number of halogens is 3. The van der Waals surface area contributed by atoms with Gasteiger partial charge in [0.15, 0.2) is 0 Å². The first-order valence-electron chi connectivity index (χ1n) is 6.05. The van der Waals surface area contributed by atoms with Crippen LogP contribution in [0.25, 0.3) is 0 Å². The predicted molar refractivity (Wildman–Crippen MR) is 68.8 cm³/mol. The summed E-state index contributed by atoms with van der Waals surface area (Å²) in [7, 11) is 0. The van der Waals surface area contributed by atoms with Crippen LogP contribution in [0.2, 0.25) is 0 Å². The maximum atomic E-state index is 12.2. The standard InChI is InChI=1S/C13H16F3NS/c1-9-2-3-11(8-9)17-10-4-6-12(7-5-10)18-13(14,15)16/h4-7,9,11,17H,2-3,8H2,1H3. The SMILES string of the molecule is CC1CCC(Nc2ccc(SC(F)(F)F)cc2)C1. The minimum Gasteiger partial charge on any atom is -0.382 e. The molecule has 2 atom stereocenters. The average Bonchev–Trinajstić information content (AvgIpc) is 2.65. The third-order valence-electron chi connectivity index (χ3n) is 3.15. The lowest BCUT2D eigenvalue weighted by Gasteiger charge is -2.14. The van der Waals surface area contributed by atoms with Crippen LogP contribution in [0.5, 0.6) is 0 Å². The summed E-state index contributed by atoms with van der Waals surface area (Å²) in [5.74, 6) is 0.738. The number of hydrogen-bond acceptors (Lipinski definition) is 2. The Kier molecular flexibility index (Phi) is 4.10. The first-order chi connectivity index (χ1) is 8.42. The third-order valence-corrected chi connectivity index (χ3v) is 3.89. The molecule has 0 heterocycles. The fourth-order valence-electron chi connectivity index (χ4n) is 2.33. The van der Waals surface area contributed by atoms with E-state index in [1.54, 1.807) is 12.1 Å². The summed E-state index contributed by atoms with van der Waals surface area (Å²) in [6, 6.07) is 6.92. The lowest BCUT2D eigenvalue weighted by atomic mass is 10.1. The Labute approximate surface area is 109 Å². The Morgan fingerprint density at radius 2 is 1.83 bits per heavy atom. The van der Waals surface area contributed by atoms with Gasteiger partial charge in [0.1, 0.15) is 0 Å². The molecule has 0 amide bonds. The molecule has 1 aliphatic carbocycles. The van der Waals surface area contributed by atoms with Gasteiger partial charge in [0, 0.05) is 16.6 Å². The van der Waals surface area contributed by atoms with Gasteiger partial charge < -0.3 is 5.32 Å². The second-order valence-electron chi connectivity index (χ2n) is 4.83. The highest BCUT2D eigenvalue weighted by molar-refractivity contribution is 8.00. The molecule has 1 aromatic carbocycles. The maximum absolute atomic E-state index is 12.2. The van der Waals surface area contributed by atoms with Gasteiger partial charge in [-0.25, -0.2) is 0 Å². The molecule has 0 radical (unpaired) electrons. The van der Waals surface area contributed by atoms with Gasteiger partial charge in [0.05, 0.1) is 0 Å². The van der Waals surface area contributed by atoms with Crippen molar-refractivity contribution in [2.24, 2.45) is 5.92 Å². The smallest absolute Gasteiger partial charge is 0.382 e. The zero-order chi connectivity index (χ0) is 13.2. The van der Waals surface area contributed by atoms with Crippen LogP contribution in [-0.4, -0.2) is 11.6 Å². The van der Waals surface area contributed by atoms with Gasteiger partial charge in [-0.3, -0.25) is 0 Å². The van der Waals surface area contributed by atoms with E-state index in [0.717, 1.165) is 24.4 Å². The summed E-state index contributed by atoms with van der Waals surface area (Å²) >= 11 is -0.0752. The normalized spacial score (nSPS) is 24.2. The van der Waals surface area contributed by atoms with Crippen molar-refractivity contribution in [2.45, 2.75) is 42.6 Å².